The summed E-state index contributed by atoms with van der Waals surface area (Å²) < 4.78 is 14.5. The average molecular weight is 180 g/mol. The van der Waals surface area contributed by atoms with Crippen molar-refractivity contribution < 1.29 is 9.50 Å². The molecule has 0 aliphatic rings. The fourth-order valence-electron chi connectivity index (χ4n) is 1.36. The third-order valence-electron chi connectivity index (χ3n) is 2.05. The predicted molar refractivity (Wildman–Crippen MR) is 46.6 cm³/mol. The number of aryl methyl sites for hydroxylation is 1. The van der Waals surface area contributed by atoms with Crippen LogP contribution >= 0.6 is 0 Å². The molecule has 2 aromatic rings. The molecule has 0 aliphatic heterocycles. The smallest absolute Gasteiger partial charge is 0.240 e. The molecule has 0 radical (unpaired) electrons. The van der Waals surface area contributed by atoms with Gasteiger partial charge in [0.15, 0.2) is 0 Å². The predicted octanol–water partition coefficient (Wildman–Crippen LogP) is 1.20. The van der Waals surface area contributed by atoms with Crippen molar-refractivity contribution in [2.75, 3.05) is 0 Å². The second-order valence-corrected chi connectivity index (χ2v) is 2.92. The minimum Gasteiger partial charge on any atom is -0.392 e. The maximum Gasteiger partial charge on any atom is 0.240 e. The van der Waals surface area contributed by atoms with Gasteiger partial charge in [-0.3, -0.25) is 4.68 Å². The van der Waals surface area contributed by atoms with E-state index < -0.39 is 5.95 Å². The molecule has 1 heterocycles. The summed E-state index contributed by atoms with van der Waals surface area (Å²) in [7, 11) is 1.67. The molecule has 4 heteroatoms. The molecule has 0 spiro atoms. The van der Waals surface area contributed by atoms with E-state index in [-0.39, 0.29) is 6.61 Å². The quantitative estimate of drug-likeness (QED) is 0.716. The van der Waals surface area contributed by atoms with Gasteiger partial charge in [0.1, 0.15) is 0 Å². The maximum absolute atomic E-state index is 13.0. The van der Waals surface area contributed by atoms with Crippen molar-refractivity contribution in [3.05, 3.63) is 29.7 Å². The minimum absolute atomic E-state index is 0.0389. The highest BCUT2D eigenvalue weighted by Gasteiger charge is 2.07. The van der Waals surface area contributed by atoms with Crippen LogP contribution in [0.3, 0.4) is 0 Å². The van der Waals surface area contributed by atoms with Gasteiger partial charge < -0.3 is 5.11 Å². The third kappa shape index (κ3) is 1.19. The molecule has 1 N–H and O–H groups in total. The van der Waals surface area contributed by atoms with Crippen molar-refractivity contribution in [3.8, 4) is 0 Å². The van der Waals surface area contributed by atoms with E-state index in [9.17, 15) is 4.39 Å². The van der Waals surface area contributed by atoms with E-state index >= 15 is 0 Å². The van der Waals surface area contributed by atoms with E-state index in [1.807, 2.05) is 0 Å². The number of hydrogen-bond donors (Lipinski definition) is 1. The Bertz CT molecular complexity index is 450. The first-order valence-electron chi connectivity index (χ1n) is 3.94. The number of aliphatic hydroxyl groups excluding tert-OH is 1. The zero-order valence-electron chi connectivity index (χ0n) is 7.16. The Balaban J connectivity index is 2.76. The van der Waals surface area contributed by atoms with E-state index in [2.05, 4.69) is 5.10 Å². The molecule has 0 fully saturated rings. The number of benzene rings is 1. The summed E-state index contributed by atoms with van der Waals surface area (Å²) >= 11 is 0. The zero-order chi connectivity index (χ0) is 9.42. The standard InChI is InChI=1S/C9H9FN2O/c1-12-8-4-6(5-13)2-3-7(8)9(10)11-12/h2-4,13H,5H2,1H3. The second-order valence-electron chi connectivity index (χ2n) is 2.92. The summed E-state index contributed by atoms with van der Waals surface area (Å²) in [6.07, 6.45) is 0. The Labute approximate surface area is 74.4 Å². The highest BCUT2D eigenvalue weighted by atomic mass is 19.1. The van der Waals surface area contributed by atoms with Gasteiger partial charge in [-0.15, -0.1) is 5.10 Å². The highest BCUT2D eigenvalue weighted by molar-refractivity contribution is 5.79. The van der Waals surface area contributed by atoms with E-state index in [0.29, 0.717) is 10.9 Å². The van der Waals surface area contributed by atoms with Gasteiger partial charge in [-0.25, -0.2) is 0 Å². The summed E-state index contributed by atoms with van der Waals surface area (Å²) in [5.41, 5.74) is 1.46. The maximum atomic E-state index is 13.0. The van der Waals surface area contributed by atoms with Gasteiger partial charge in [-0.1, -0.05) is 6.07 Å². The lowest BCUT2D eigenvalue weighted by Crippen LogP contribution is -1.90. The van der Waals surface area contributed by atoms with Gasteiger partial charge >= 0.3 is 0 Å². The number of aromatic nitrogens is 2. The van der Waals surface area contributed by atoms with E-state index in [4.69, 9.17) is 5.11 Å². The van der Waals surface area contributed by atoms with Crippen molar-refractivity contribution in [2.24, 2.45) is 7.05 Å². The molecule has 0 unspecified atom stereocenters. The Hall–Kier alpha value is -1.42. The molecule has 0 bridgehead atoms. The minimum atomic E-state index is -0.470. The lowest BCUT2D eigenvalue weighted by Gasteiger charge is -1.96. The van der Waals surface area contributed by atoms with Crippen LogP contribution in [0.5, 0.6) is 0 Å². The van der Waals surface area contributed by atoms with Crippen LogP contribution in [0.4, 0.5) is 4.39 Å². The molecule has 1 aromatic heterocycles. The molecular weight excluding hydrogens is 171 g/mol. The van der Waals surface area contributed by atoms with Gasteiger partial charge in [0, 0.05) is 7.05 Å². The van der Waals surface area contributed by atoms with Crippen molar-refractivity contribution in [1.29, 1.82) is 0 Å². The molecule has 0 saturated heterocycles. The zero-order valence-corrected chi connectivity index (χ0v) is 7.16. The first-order chi connectivity index (χ1) is 6.22. The molecule has 0 amide bonds. The van der Waals surface area contributed by atoms with Crippen LogP contribution in [-0.2, 0) is 13.7 Å². The van der Waals surface area contributed by atoms with Crippen LogP contribution in [0.2, 0.25) is 0 Å². The molecule has 0 saturated carbocycles. The molecule has 2 rings (SSSR count). The van der Waals surface area contributed by atoms with Gasteiger partial charge in [-0.2, -0.15) is 4.39 Å². The molecule has 0 aliphatic carbocycles. The van der Waals surface area contributed by atoms with Crippen LogP contribution in [-0.4, -0.2) is 14.9 Å². The first kappa shape index (κ1) is 8.19. The topological polar surface area (TPSA) is 38.0 Å². The Morgan fingerprint density at radius 3 is 3.00 bits per heavy atom. The normalized spacial score (nSPS) is 11.0. The van der Waals surface area contributed by atoms with Crippen LogP contribution in [0.25, 0.3) is 10.9 Å². The molecule has 13 heavy (non-hydrogen) atoms. The van der Waals surface area contributed by atoms with Crippen molar-refractivity contribution in [2.45, 2.75) is 6.61 Å². The van der Waals surface area contributed by atoms with Gasteiger partial charge in [-0.05, 0) is 17.7 Å². The monoisotopic (exact) mass is 180 g/mol. The van der Waals surface area contributed by atoms with E-state index in [1.54, 1.807) is 25.2 Å². The van der Waals surface area contributed by atoms with Gasteiger partial charge in [0.05, 0.1) is 17.5 Å². The number of halogens is 1. The summed E-state index contributed by atoms with van der Waals surface area (Å²) in [5.74, 6) is -0.470. The molecule has 1 aromatic carbocycles. The average Bonchev–Trinajstić information content (AvgIpc) is 2.42. The first-order valence-corrected chi connectivity index (χ1v) is 3.94. The lowest BCUT2D eigenvalue weighted by molar-refractivity contribution is 0.282. The van der Waals surface area contributed by atoms with Crippen molar-refractivity contribution >= 4 is 10.9 Å². The van der Waals surface area contributed by atoms with Crippen molar-refractivity contribution in [3.63, 3.8) is 0 Å². The van der Waals surface area contributed by atoms with Crippen LogP contribution in [0, 0.1) is 5.95 Å². The number of aliphatic hydroxyl groups is 1. The SMILES string of the molecule is Cn1nc(F)c2ccc(CO)cc21. The summed E-state index contributed by atoms with van der Waals surface area (Å²) in [6, 6.07) is 5.04. The largest absolute Gasteiger partial charge is 0.392 e. The van der Waals surface area contributed by atoms with Gasteiger partial charge in [0.25, 0.3) is 0 Å². The summed E-state index contributed by atoms with van der Waals surface area (Å²) in [6.45, 7) is -0.0389. The Kier molecular flexibility index (Phi) is 1.77. The molecule has 3 nitrogen and oxygen atoms in total. The molecule has 0 atom stereocenters. The summed E-state index contributed by atoms with van der Waals surface area (Å²) in [4.78, 5) is 0. The van der Waals surface area contributed by atoms with Crippen molar-refractivity contribution in [1.82, 2.24) is 9.78 Å². The second kappa shape index (κ2) is 2.81. The van der Waals surface area contributed by atoms with Crippen LogP contribution in [0.15, 0.2) is 18.2 Å². The number of fused-ring (bicyclic) bond motifs is 1. The number of nitrogens with zero attached hydrogens (tertiary/aromatic N) is 2. The third-order valence-corrected chi connectivity index (χ3v) is 2.05. The number of rotatable bonds is 1. The Morgan fingerprint density at radius 1 is 1.54 bits per heavy atom. The van der Waals surface area contributed by atoms with Crippen LogP contribution < -0.4 is 0 Å². The van der Waals surface area contributed by atoms with Crippen LogP contribution in [0.1, 0.15) is 5.56 Å². The van der Waals surface area contributed by atoms with E-state index in [0.717, 1.165) is 5.56 Å². The fraction of sp³-hybridized carbons (Fsp3) is 0.222. The van der Waals surface area contributed by atoms with Gasteiger partial charge in [0.2, 0.25) is 5.95 Å². The van der Waals surface area contributed by atoms with E-state index in [1.165, 1.54) is 4.68 Å². The Morgan fingerprint density at radius 2 is 2.31 bits per heavy atom. The summed E-state index contributed by atoms with van der Waals surface area (Å²) in [5, 5.41) is 13.0. The number of hydrogen-bond acceptors (Lipinski definition) is 2. The fourth-order valence-corrected chi connectivity index (χ4v) is 1.36. The lowest BCUT2D eigenvalue weighted by atomic mass is 10.2. The molecule has 68 valence electrons. The highest BCUT2D eigenvalue weighted by Crippen LogP contribution is 2.18. The molecular formula is C9H9FN2O.